The predicted octanol–water partition coefficient (Wildman–Crippen LogP) is 3.96. The van der Waals surface area contributed by atoms with Crippen LogP contribution in [0.15, 0.2) is 42.9 Å². The number of aromatic nitrogens is 3. The van der Waals surface area contributed by atoms with E-state index in [4.69, 9.17) is 0 Å². The molecule has 3 aromatic rings. The Hall–Kier alpha value is -3.79. The van der Waals surface area contributed by atoms with Crippen LogP contribution in [0, 0.1) is 5.92 Å². The average molecular weight is 560 g/mol. The molecule has 3 heterocycles. The summed E-state index contributed by atoms with van der Waals surface area (Å²) in [5.41, 5.74) is 3.12. The zero-order valence-electron chi connectivity index (χ0n) is 24.5. The zero-order chi connectivity index (χ0) is 29.1. The summed E-state index contributed by atoms with van der Waals surface area (Å²) in [6.07, 6.45) is 10.2. The van der Waals surface area contributed by atoms with E-state index in [0.29, 0.717) is 12.2 Å². The van der Waals surface area contributed by atoms with Crippen LogP contribution in [0.1, 0.15) is 63.6 Å². The lowest BCUT2D eigenvalue weighted by atomic mass is 9.83. The number of benzene rings is 1. The third kappa shape index (κ3) is 5.84. The maximum Gasteiger partial charge on any atom is 0.328 e. The van der Waals surface area contributed by atoms with Crippen molar-refractivity contribution in [2.24, 2.45) is 5.92 Å². The number of carbonyl (C=O) groups excluding carboxylic acids is 3. The van der Waals surface area contributed by atoms with Gasteiger partial charge in [0, 0.05) is 37.8 Å². The SMILES string of the molecule is CN[C@@H](C)C(=O)N[C@H](C(=O)N1CCC[C@H]1c1cc(-c2cn(C(=O)N(C)C)c3ccccc23)ncn1)C1CCCCC1. The van der Waals surface area contributed by atoms with Gasteiger partial charge in [-0.15, -0.1) is 0 Å². The molecule has 5 rings (SSSR count). The summed E-state index contributed by atoms with van der Waals surface area (Å²) in [5.74, 6) is -0.0450. The molecule has 41 heavy (non-hydrogen) atoms. The van der Waals surface area contributed by atoms with Crippen LogP contribution in [-0.2, 0) is 9.59 Å². The van der Waals surface area contributed by atoms with Gasteiger partial charge in [0.1, 0.15) is 12.4 Å². The van der Waals surface area contributed by atoms with Gasteiger partial charge < -0.3 is 20.4 Å². The van der Waals surface area contributed by atoms with Crippen LogP contribution in [0.5, 0.6) is 0 Å². The van der Waals surface area contributed by atoms with Crippen molar-refractivity contribution < 1.29 is 14.4 Å². The maximum absolute atomic E-state index is 14.1. The van der Waals surface area contributed by atoms with E-state index < -0.39 is 6.04 Å². The first kappa shape index (κ1) is 28.7. The van der Waals surface area contributed by atoms with Crippen molar-refractivity contribution in [1.29, 1.82) is 0 Å². The molecule has 10 nitrogen and oxygen atoms in total. The fourth-order valence-electron chi connectivity index (χ4n) is 6.23. The second kappa shape index (κ2) is 12.4. The average Bonchev–Trinajstić information content (AvgIpc) is 3.65. The number of likely N-dealkylation sites (N-methyl/N-ethyl adjacent to an activating group) is 1. The lowest BCUT2D eigenvalue weighted by Crippen LogP contribution is -2.55. The van der Waals surface area contributed by atoms with Crippen LogP contribution in [-0.4, -0.2) is 82.0 Å². The summed E-state index contributed by atoms with van der Waals surface area (Å²) in [7, 11) is 5.21. The number of amides is 3. The molecular formula is C31H41N7O3. The molecule has 2 aromatic heterocycles. The van der Waals surface area contributed by atoms with Crippen molar-refractivity contribution in [3.05, 3.63) is 48.5 Å². The van der Waals surface area contributed by atoms with Gasteiger partial charge in [-0.2, -0.15) is 0 Å². The first-order valence-electron chi connectivity index (χ1n) is 14.7. The zero-order valence-corrected chi connectivity index (χ0v) is 24.5. The Kier molecular flexibility index (Phi) is 8.68. The predicted molar refractivity (Wildman–Crippen MR) is 158 cm³/mol. The third-order valence-corrected chi connectivity index (χ3v) is 8.65. The minimum atomic E-state index is -0.546. The van der Waals surface area contributed by atoms with Gasteiger partial charge >= 0.3 is 6.03 Å². The van der Waals surface area contributed by atoms with Gasteiger partial charge in [-0.3, -0.25) is 14.2 Å². The van der Waals surface area contributed by atoms with Crippen LogP contribution < -0.4 is 10.6 Å². The third-order valence-electron chi connectivity index (χ3n) is 8.65. The van der Waals surface area contributed by atoms with Crippen LogP contribution in [0.2, 0.25) is 0 Å². The molecule has 10 heteroatoms. The Morgan fingerprint density at radius 2 is 1.78 bits per heavy atom. The van der Waals surface area contributed by atoms with Crippen molar-refractivity contribution in [3.8, 4) is 11.3 Å². The van der Waals surface area contributed by atoms with Crippen molar-refractivity contribution >= 4 is 28.7 Å². The first-order chi connectivity index (χ1) is 19.8. The number of rotatable bonds is 7. The fraction of sp³-hybridized carbons (Fsp3) is 0.516. The highest BCUT2D eigenvalue weighted by Gasteiger charge is 2.39. The highest BCUT2D eigenvalue weighted by molar-refractivity contribution is 6.00. The Morgan fingerprint density at radius 3 is 2.51 bits per heavy atom. The lowest BCUT2D eigenvalue weighted by Gasteiger charge is -2.35. The van der Waals surface area contributed by atoms with Gasteiger partial charge in [-0.05, 0) is 57.7 Å². The van der Waals surface area contributed by atoms with E-state index in [1.807, 2.05) is 48.4 Å². The van der Waals surface area contributed by atoms with Crippen molar-refractivity contribution in [3.63, 3.8) is 0 Å². The Bertz CT molecular complexity index is 1410. The molecule has 218 valence electrons. The number of likely N-dealkylation sites (tertiary alicyclic amines) is 1. The number of para-hydroxylation sites is 1. The second-order valence-electron chi connectivity index (χ2n) is 11.5. The molecule has 1 aliphatic carbocycles. The normalized spacial score (nSPS) is 19.2. The monoisotopic (exact) mass is 559 g/mol. The molecule has 3 atom stereocenters. The van der Waals surface area contributed by atoms with Gasteiger partial charge in [0.25, 0.3) is 0 Å². The van der Waals surface area contributed by atoms with Crippen molar-refractivity contribution in [2.45, 2.75) is 70.0 Å². The molecule has 0 unspecified atom stereocenters. The number of fused-ring (bicyclic) bond motifs is 1. The van der Waals surface area contributed by atoms with E-state index in [1.54, 1.807) is 36.9 Å². The van der Waals surface area contributed by atoms with Gasteiger partial charge in [0.05, 0.1) is 29.0 Å². The lowest BCUT2D eigenvalue weighted by molar-refractivity contribution is -0.139. The molecule has 1 saturated heterocycles. The van der Waals surface area contributed by atoms with E-state index in [9.17, 15) is 14.4 Å². The number of nitrogens with one attached hydrogen (secondary N) is 2. The van der Waals surface area contributed by atoms with Gasteiger partial charge in [-0.1, -0.05) is 37.5 Å². The molecule has 1 aromatic carbocycles. The number of hydrogen-bond acceptors (Lipinski definition) is 6. The molecule has 2 N–H and O–H groups in total. The molecule has 2 fully saturated rings. The molecule has 0 spiro atoms. The Balaban J connectivity index is 1.46. The topological polar surface area (TPSA) is 112 Å². The van der Waals surface area contributed by atoms with E-state index >= 15 is 0 Å². The molecule has 1 saturated carbocycles. The number of hydrogen-bond donors (Lipinski definition) is 2. The van der Waals surface area contributed by atoms with Crippen LogP contribution in [0.3, 0.4) is 0 Å². The maximum atomic E-state index is 14.1. The Morgan fingerprint density at radius 1 is 1.02 bits per heavy atom. The minimum Gasteiger partial charge on any atom is -0.343 e. The number of nitrogens with zero attached hydrogens (tertiary/aromatic N) is 5. The standard InChI is InChI=1S/C31H41N7O3/c1-20(32-2)29(39)35-28(21-11-6-5-7-12-21)30(40)37-16-10-15-27(37)25-17-24(33-19-34-25)23-18-38(31(41)36(3)4)26-14-9-8-13-22(23)26/h8-9,13-14,17-21,27-28,32H,5-7,10-12,15-16H2,1-4H3,(H,35,39)/t20-,27-,28-/m0/s1. The summed E-state index contributed by atoms with van der Waals surface area (Å²) in [4.78, 5) is 52.6. The second-order valence-corrected chi connectivity index (χ2v) is 11.5. The van der Waals surface area contributed by atoms with Gasteiger partial charge in [0.2, 0.25) is 11.8 Å². The summed E-state index contributed by atoms with van der Waals surface area (Å²) < 4.78 is 1.64. The number of carbonyl (C=O) groups is 3. The summed E-state index contributed by atoms with van der Waals surface area (Å²) in [6.45, 7) is 2.43. The van der Waals surface area contributed by atoms with Crippen LogP contribution >= 0.6 is 0 Å². The van der Waals surface area contributed by atoms with Crippen LogP contribution in [0.4, 0.5) is 4.79 Å². The van der Waals surface area contributed by atoms with E-state index in [0.717, 1.165) is 60.7 Å². The summed E-state index contributed by atoms with van der Waals surface area (Å²) in [5, 5.41) is 7.01. The highest BCUT2D eigenvalue weighted by atomic mass is 16.2. The van der Waals surface area contributed by atoms with E-state index in [-0.39, 0.29) is 35.8 Å². The largest absolute Gasteiger partial charge is 0.343 e. The molecule has 3 amide bonds. The molecule has 1 aliphatic heterocycles. The Labute approximate surface area is 241 Å². The molecule has 0 bridgehead atoms. The van der Waals surface area contributed by atoms with Crippen molar-refractivity contribution in [1.82, 2.24) is 35.0 Å². The highest BCUT2D eigenvalue weighted by Crippen LogP contribution is 2.36. The fourth-order valence-corrected chi connectivity index (χ4v) is 6.23. The molecular weight excluding hydrogens is 518 g/mol. The van der Waals surface area contributed by atoms with E-state index in [2.05, 4.69) is 20.6 Å². The van der Waals surface area contributed by atoms with E-state index in [1.165, 1.54) is 6.42 Å². The molecule has 2 aliphatic rings. The smallest absolute Gasteiger partial charge is 0.328 e. The van der Waals surface area contributed by atoms with Crippen molar-refractivity contribution in [2.75, 3.05) is 27.7 Å². The van der Waals surface area contributed by atoms with Gasteiger partial charge in [-0.25, -0.2) is 14.8 Å². The summed E-state index contributed by atoms with van der Waals surface area (Å²) >= 11 is 0. The quantitative estimate of drug-likeness (QED) is 0.453. The van der Waals surface area contributed by atoms with Gasteiger partial charge in [0.15, 0.2) is 0 Å². The molecule has 0 radical (unpaired) electrons. The minimum absolute atomic E-state index is 0.0237. The summed E-state index contributed by atoms with van der Waals surface area (Å²) in [6, 6.07) is 8.45. The first-order valence-corrected chi connectivity index (χ1v) is 14.7. The van der Waals surface area contributed by atoms with Crippen LogP contribution in [0.25, 0.3) is 22.2 Å².